The van der Waals surface area contributed by atoms with Crippen LogP contribution in [0.5, 0.6) is 0 Å². The highest BCUT2D eigenvalue weighted by Crippen LogP contribution is 2.54. The third-order valence-electron chi connectivity index (χ3n) is 15.8. The molecule has 0 radical (unpaired) electrons. The monoisotopic (exact) mass is 869 g/mol. The van der Waals surface area contributed by atoms with Gasteiger partial charge in [0, 0.05) is 55.7 Å². The molecule has 67 heavy (non-hydrogen) atoms. The lowest BCUT2D eigenvalue weighted by Crippen LogP contribution is -2.62. The number of para-hydroxylation sites is 2. The van der Waals surface area contributed by atoms with Crippen LogP contribution in [0.4, 0.5) is 34.1 Å². The summed E-state index contributed by atoms with van der Waals surface area (Å²) in [5, 5.41) is 2.50. The fourth-order valence-electron chi connectivity index (χ4n) is 12.2. The molecule has 0 spiro atoms. The third kappa shape index (κ3) is 5.97. The third-order valence-corrected chi connectivity index (χ3v) is 15.8. The minimum Gasteiger partial charge on any atom is -0.311 e. The fourth-order valence-corrected chi connectivity index (χ4v) is 12.2. The first-order valence-electron chi connectivity index (χ1n) is 24.3. The topological polar surface area (TPSA) is 11.4 Å². The van der Waals surface area contributed by atoms with E-state index in [1.54, 1.807) is 0 Å². The van der Waals surface area contributed by atoms with E-state index in [1.807, 2.05) is 0 Å². The molecule has 0 N–H and O–H groups in total. The van der Waals surface area contributed by atoms with Crippen LogP contribution in [-0.2, 0) is 21.7 Å². The van der Waals surface area contributed by atoms with E-state index in [-0.39, 0.29) is 28.4 Å². The lowest BCUT2D eigenvalue weighted by molar-refractivity contribution is 0.521. The van der Waals surface area contributed by atoms with Gasteiger partial charge in [-0.05, 0) is 140 Å². The largest absolute Gasteiger partial charge is 0.311 e. The lowest BCUT2D eigenvalue weighted by atomic mass is 9.33. The van der Waals surface area contributed by atoms with Gasteiger partial charge in [-0.15, -0.1) is 0 Å². The van der Waals surface area contributed by atoms with Gasteiger partial charge < -0.3 is 14.4 Å². The summed E-state index contributed by atoms with van der Waals surface area (Å²) in [6, 6.07) is 63.0. The van der Waals surface area contributed by atoms with E-state index in [1.165, 1.54) is 111 Å². The Balaban J connectivity index is 1.23. The quantitative estimate of drug-likeness (QED) is 0.164. The van der Waals surface area contributed by atoms with Gasteiger partial charge >= 0.3 is 0 Å². The van der Waals surface area contributed by atoms with Crippen LogP contribution in [0.2, 0.25) is 0 Å². The Morgan fingerprint density at radius 2 is 0.985 bits per heavy atom. The van der Waals surface area contributed by atoms with Crippen molar-refractivity contribution in [3.8, 4) is 5.69 Å². The summed E-state index contributed by atoms with van der Waals surface area (Å²) in [7, 11) is 0. The molecule has 0 amide bonds. The van der Waals surface area contributed by atoms with Crippen LogP contribution in [0.1, 0.15) is 108 Å². The summed E-state index contributed by atoms with van der Waals surface area (Å²) < 4.78 is 2.45. The minimum atomic E-state index is -0.227. The molecule has 0 bridgehead atoms. The van der Waals surface area contributed by atoms with Gasteiger partial charge in [-0.2, -0.15) is 0 Å². The van der Waals surface area contributed by atoms with Crippen molar-refractivity contribution in [2.24, 2.45) is 0 Å². The minimum absolute atomic E-state index is 0.00880. The van der Waals surface area contributed by atoms with Crippen molar-refractivity contribution in [1.82, 2.24) is 4.57 Å². The Kier molecular flexibility index (Phi) is 8.78. The molecule has 9 aromatic rings. The number of rotatable bonds is 3. The molecule has 1 aliphatic carbocycles. The average Bonchev–Trinajstić information content (AvgIpc) is 3.65. The molecule has 12 rings (SSSR count). The SMILES string of the molecule is Cc1cc2c3c(c1)N(c1cccc4c1c1ccccc1n4-c1ccccc1)c1cc4c(cc1B3c1cc(C(C)(C)C)ccc1N2c1ccc(C(C)(C)C)cc1)C(C)(C)c1ccccc1C4(C)C. The summed E-state index contributed by atoms with van der Waals surface area (Å²) >= 11 is 0. The van der Waals surface area contributed by atoms with Gasteiger partial charge in [-0.25, -0.2) is 0 Å². The number of hydrogen-bond acceptors (Lipinski definition) is 2. The highest BCUT2D eigenvalue weighted by Gasteiger charge is 2.48. The van der Waals surface area contributed by atoms with Gasteiger partial charge in [0.05, 0.1) is 16.7 Å². The molecule has 330 valence electrons. The van der Waals surface area contributed by atoms with E-state index in [4.69, 9.17) is 0 Å². The molecule has 0 atom stereocenters. The lowest BCUT2D eigenvalue weighted by Gasteiger charge is -2.48. The van der Waals surface area contributed by atoms with Gasteiger partial charge in [0.2, 0.25) is 0 Å². The maximum absolute atomic E-state index is 2.67. The molecule has 2 aliphatic heterocycles. The normalized spacial score (nSPS) is 15.5. The number of fused-ring (bicyclic) bond motifs is 9. The Hall–Kier alpha value is -6.78. The summed E-state index contributed by atoms with van der Waals surface area (Å²) in [4.78, 5) is 5.24. The van der Waals surface area contributed by atoms with Crippen molar-refractivity contribution >= 4 is 79.0 Å². The zero-order valence-corrected chi connectivity index (χ0v) is 41.0. The number of nitrogens with zero attached hydrogens (tertiary/aromatic N) is 3. The Labute approximate surface area is 397 Å². The summed E-state index contributed by atoms with van der Waals surface area (Å²) in [5.41, 5.74) is 24.1. The molecule has 3 heterocycles. The predicted octanol–water partition coefficient (Wildman–Crippen LogP) is 14.7. The van der Waals surface area contributed by atoms with Gasteiger partial charge in [-0.1, -0.05) is 166 Å². The number of hydrogen-bond donors (Lipinski definition) is 0. The van der Waals surface area contributed by atoms with Crippen molar-refractivity contribution in [1.29, 1.82) is 0 Å². The van der Waals surface area contributed by atoms with Crippen molar-refractivity contribution in [3.05, 3.63) is 203 Å². The molecule has 0 unspecified atom stereocenters. The predicted molar refractivity (Wildman–Crippen MR) is 288 cm³/mol. The molecule has 0 fully saturated rings. The first kappa shape index (κ1) is 41.6. The van der Waals surface area contributed by atoms with E-state index >= 15 is 0 Å². The zero-order chi connectivity index (χ0) is 46.5. The van der Waals surface area contributed by atoms with Crippen LogP contribution in [0.15, 0.2) is 164 Å². The molecule has 4 heteroatoms. The summed E-state index contributed by atoms with van der Waals surface area (Å²) in [6.45, 7) is 26.0. The maximum Gasteiger partial charge on any atom is 0.252 e. The highest BCUT2D eigenvalue weighted by molar-refractivity contribution is 7.00. The Morgan fingerprint density at radius 1 is 0.418 bits per heavy atom. The maximum atomic E-state index is 2.67. The first-order chi connectivity index (χ1) is 31.9. The standard InChI is InChI=1S/C63H60BN3/c1-39-34-56-59-57(35-39)67(54-27-19-26-53-58(54)44-22-15-18-25-51(44)65(53)42-20-13-12-14-21-42)55-38-48-47(62(8,9)45-23-16-17-24-46(45)63(48,10)11)37-50(55)64(59)49-36-41(61(5,6)7)30-33-52(49)66(56)43-31-28-40(29-32-43)60(2,3)4/h12-38H,1-11H3. The second kappa shape index (κ2) is 14.1. The Morgan fingerprint density at radius 3 is 1.66 bits per heavy atom. The first-order valence-corrected chi connectivity index (χ1v) is 24.3. The molecule has 3 aliphatic rings. The number of aryl methyl sites for hydroxylation is 1. The van der Waals surface area contributed by atoms with Crippen molar-refractivity contribution in [2.75, 3.05) is 9.80 Å². The molecule has 1 aromatic heterocycles. The second-order valence-corrected chi connectivity index (χ2v) is 22.8. The second-order valence-electron chi connectivity index (χ2n) is 22.8. The molecule has 0 saturated carbocycles. The van der Waals surface area contributed by atoms with E-state index in [9.17, 15) is 0 Å². The molecule has 0 saturated heterocycles. The van der Waals surface area contributed by atoms with Crippen molar-refractivity contribution in [2.45, 2.75) is 97.8 Å². The van der Waals surface area contributed by atoms with Crippen LogP contribution in [-0.4, -0.2) is 11.3 Å². The highest BCUT2D eigenvalue weighted by atomic mass is 15.2. The zero-order valence-electron chi connectivity index (χ0n) is 41.0. The van der Waals surface area contributed by atoms with Crippen LogP contribution in [0.25, 0.3) is 27.5 Å². The van der Waals surface area contributed by atoms with E-state index in [0.29, 0.717) is 0 Å². The number of benzene rings is 8. The van der Waals surface area contributed by atoms with Gasteiger partial charge in [-0.3, -0.25) is 0 Å². The van der Waals surface area contributed by atoms with Gasteiger partial charge in [0.15, 0.2) is 0 Å². The van der Waals surface area contributed by atoms with E-state index in [0.717, 1.165) is 5.69 Å². The molecule has 8 aromatic carbocycles. The van der Waals surface area contributed by atoms with Crippen LogP contribution in [0, 0.1) is 6.92 Å². The summed E-state index contributed by atoms with van der Waals surface area (Å²) in [6.07, 6.45) is 0. The van der Waals surface area contributed by atoms with Crippen LogP contribution >= 0.6 is 0 Å². The van der Waals surface area contributed by atoms with E-state index < -0.39 is 0 Å². The Bertz CT molecular complexity index is 3500. The van der Waals surface area contributed by atoms with Crippen molar-refractivity contribution < 1.29 is 0 Å². The molecule has 3 nitrogen and oxygen atoms in total. The van der Waals surface area contributed by atoms with E-state index in [2.05, 4.69) is 254 Å². The fraction of sp³-hybridized carbons (Fsp3) is 0.238. The average molecular weight is 870 g/mol. The number of aromatic nitrogens is 1. The van der Waals surface area contributed by atoms with Crippen molar-refractivity contribution in [3.63, 3.8) is 0 Å². The van der Waals surface area contributed by atoms with Gasteiger partial charge in [0.25, 0.3) is 6.71 Å². The number of anilines is 6. The molecular weight excluding hydrogens is 810 g/mol. The van der Waals surface area contributed by atoms with Gasteiger partial charge in [0.1, 0.15) is 0 Å². The smallest absolute Gasteiger partial charge is 0.252 e. The molecular formula is C63H60BN3. The van der Waals surface area contributed by atoms with Crippen LogP contribution < -0.4 is 26.2 Å². The van der Waals surface area contributed by atoms with Crippen LogP contribution in [0.3, 0.4) is 0 Å². The summed E-state index contributed by atoms with van der Waals surface area (Å²) in [5.74, 6) is 0.